The fourth-order valence-electron chi connectivity index (χ4n) is 3.90. The van der Waals surface area contributed by atoms with Gasteiger partial charge in [0.25, 0.3) is 0 Å². The van der Waals surface area contributed by atoms with E-state index in [-0.39, 0.29) is 28.6 Å². The predicted octanol–water partition coefficient (Wildman–Crippen LogP) is 5.26. The summed E-state index contributed by atoms with van der Waals surface area (Å²) in [5.41, 5.74) is 2.77. The Morgan fingerprint density at radius 3 is 2.57 bits per heavy atom. The van der Waals surface area contributed by atoms with Gasteiger partial charge in [0.05, 0.1) is 22.4 Å². The second kappa shape index (κ2) is 7.04. The topological polar surface area (TPSA) is 76.7 Å². The first-order valence-electron chi connectivity index (χ1n) is 9.36. The van der Waals surface area contributed by atoms with Crippen LogP contribution in [-0.4, -0.2) is 11.1 Å². The zero-order chi connectivity index (χ0) is 20.8. The van der Waals surface area contributed by atoms with Crippen molar-refractivity contribution in [2.75, 3.05) is 0 Å². The van der Waals surface area contributed by atoms with E-state index in [0.717, 1.165) is 11.1 Å². The second-order valence-corrected chi connectivity index (χ2v) is 7.55. The van der Waals surface area contributed by atoms with E-state index in [4.69, 9.17) is 20.8 Å². The quantitative estimate of drug-likeness (QED) is 0.355. The van der Waals surface area contributed by atoms with Gasteiger partial charge in [0, 0.05) is 11.5 Å². The van der Waals surface area contributed by atoms with Gasteiger partial charge in [-0.05, 0) is 35.4 Å². The molecule has 0 unspecified atom stereocenters. The number of ether oxygens (including phenoxy) is 1. The number of hydrogen-bond acceptors (Lipinski definition) is 5. The number of phenolic OH excluding ortho intramolecular Hbond substituents is 1. The van der Waals surface area contributed by atoms with E-state index >= 15 is 0 Å². The number of halogens is 1. The van der Waals surface area contributed by atoms with Crippen molar-refractivity contribution in [2.45, 2.75) is 12.3 Å². The summed E-state index contributed by atoms with van der Waals surface area (Å²) in [4.78, 5) is 25.4. The molecule has 1 aliphatic heterocycles. The fourth-order valence-corrected chi connectivity index (χ4v) is 4.09. The molecule has 1 atom stereocenters. The van der Waals surface area contributed by atoms with Crippen LogP contribution >= 0.6 is 11.6 Å². The maximum atomic E-state index is 13.2. The summed E-state index contributed by atoms with van der Waals surface area (Å²) < 4.78 is 11.4. The summed E-state index contributed by atoms with van der Waals surface area (Å²) in [6, 6.07) is 17.3. The van der Waals surface area contributed by atoms with Gasteiger partial charge < -0.3 is 14.3 Å². The maximum Gasteiger partial charge on any atom is 0.312 e. The lowest BCUT2D eigenvalue weighted by atomic mass is 9.85. The Balaban J connectivity index is 1.75. The minimum atomic E-state index is -0.422. The molecule has 6 heteroatoms. The lowest BCUT2D eigenvalue weighted by Crippen LogP contribution is -2.22. The Labute approximate surface area is 176 Å². The second-order valence-electron chi connectivity index (χ2n) is 7.14. The van der Waals surface area contributed by atoms with E-state index in [1.54, 1.807) is 24.3 Å². The van der Waals surface area contributed by atoms with Crippen molar-refractivity contribution < 1.29 is 19.1 Å². The molecule has 5 nitrogen and oxygen atoms in total. The van der Waals surface area contributed by atoms with Gasteiger partial charge in [0.2, 0.25) is 5.43 Å². The van der Waals surface area contributed by atoms with Gasteiger partial charge in [-0.2, -0.15) is 0 Å². The molecule has 0 bridgehead atoms. The lowest BCUT2D eigenvalue weighted by Gasteiger charge is -2.25. The molecule has 0 saturated heterocycles. The Morgan fingerprint density at radius 1 is 1.00 bits per heavy atom. The number of esters is 1. The van der Waals surface area contributed by atoms with Crippen molar-refractivity contribution in [3.63, 3.8) is 0 Å². The van der Waals surface area contributed by atoms with Crippen molar-refractivity contribution in [1.82, 2.24) is 0 Å². The fraction of sp³-hybridized carbons (Fsp3) is 0.0833. The third-order valence-electron chi connectivity index (χ3n) is 5.34. The largest absolute Gasteiger partial charge is 0.506 e. The van der Waals surface area contributed by atoms with Crippen LogP contribution in [0.1, 0.15) is 23.5 Å². The molecule has 1 N–H and O–H groups in total. The molecular formula is C24H15ClO5. The van der Waals surface area contributed by atoms with E-state index in [0.29, 0.717) is 27.8 Å². The van der Waals surface area contributed by atoms with Crippen LogP contribution in [0.25, 0.3) is 22.1 Å². The summed E-state index contributed by atoms with van der Waals surface area (Å²) in [6.45, 7) is 0. The molecule has 0 spiro atoms. The average molecular weight is 419 g/mol. The third-order valence-corrected chi connectivity index (χ3v) is 5.64. The number of rotatable bonds is 2. The molecule has 3 aromatic carbocycles. The highest BCUT2D eigenvalue weighted by molar-refractivity contribution is 6.32. The SMILES string of the molecule is O=C1C[C@@H](c2ccc(O)c(Cl)c2)c2c(ccc3c(=O)c(-c4ccccc4)coc23)O1. The molecule has 0 saturated carbocycles. The molecular weight excluding hydrogens is 404 g/mol. The molecule has 4 aromatic rings. The molecule has 1 aliphatic rings. The number of aromatic hydroxyl groups is 1. The van der Waals surface area contributed by atoms with Crippen LogP contribution in [0.4, 0.5) is 0 Å². The molecule has 30 heavy (non-hydrogen) atoms. The first-order chi connectivity index (χ1) is 14.5. The Hall–Kier alpha value is -3.57. The van der Waals surface area contributed by atoms with Gasteiger partial charge >= 0.3 is 5.97 Å². The van der Waals surface area contributed by atoms with Gasteiger partial charge in [0.15, 0.2) is 0 Å². The van der Waals surface area contributed by atoms with Crippen LogP contribution in [0.3, 0.4) is 0 Å². The smallest absolute Gasteiger partial charge is 0.312 e. The number of carbonyl (C=O) groups excluding carboxylic acids is 1. The van der Waals surface area contributed by atoms with E-state index in [2.05, 4.69) is 0 Å². The standard InChI is InChI=1S/C24H15ClO5/c25-18-10-14(6-8-19(18)26)16-11-21(27)30-20-9-7-15-23(28)17(12-29-24(15)22(16)20)13-4-2-1-3-5-13/h1-10,12,16,26H,11H2/t16-/m0/s1. The van der Waals surface area contributed by atoms with Crippen LogP contribution in [0.2, 0.25) is 5.02 Å². The molecule has 0 radical (unpaired) electrons. The monoisotopic (exact) mass is 418 g/mol. The highest BCUT2D eigenvalue weighted by atomic mass is 35.5. The van der Waals surface area contributed by atoms with Crippen LogP contribution < -0.4 is 10.2 Å². The highest BCUT2D eigenvalue weighted by Crippen LogP contribution is 2.44. The molecule has 5 rings (SSSR count). The summed E-state index contributed by atoms with van der Waals surface area (Å²) in [5, 5.41) is 10.3. The van der Waals surface area contributed by atoms with Crippen LogP contribution in [0.15, 0.2) is 76.1 Å². The van der Waals surface area contributed by atoms with Gasteiger partial charge in [-0.3, -0.25) is 9.59 Å². The van der Waals surface area contributed by atoms with Crippen molar-refractivity contribution in [3.8, 4) is 22.6 Å². The number of benzene rings is 3. The minimum Gasteiger partial charge on any atom is -0.506 e. The molecule has 0 fully saturated rings. The van der Waals surface area contributed by atoms with Gasteiger partial charge in [-0.25, -0.2) is 0 Å². The summed E-state index contributed by atoms with van der Waals surface area (Å²) in [6.07, 6.45) is 1.51. The average Bonchev–Trinajstić information content (AvgIpc) is 2.75. The van der Waals surface area contributed by atoms with E-state index in [9.17, 15) is 14.7 Å². The molecule has 2 heterocycles. The summed E-state index contributed by atoms with van der Waals surface area (Å²) in [7, 11) is 0. The first kappa shape index (κ1) is 18.5. The number of phenols is 1. The normalized spacial score (nSPS) is 15.6. The number of carbonyl (C=O) groups is 1. The Kier molecular flexibility index (Phi) is 4.33. The molecule has 0 aliphatic carbocycles. The van der Waals surface area contributed by atoms with Crippen molar-refractivity contribution >= 4 is 28.5 Å². The molecule has 0 amide bonds. The van der Waals surface area contributed by atoms with Crippen molar-refractivity contribution in [1.29, 1.82) is 0 Å². The summed E-state index contributed by atoms with van der Waals surface area (Å²) in [5.74, 6) is -0.507. The molecule has 1 aromatic heterocycles. The van der Waals surface area contributed by atoms with E-state index in [1.165, 1.54) is 12.3 Å². The van der Waals surface area contributed by atoms with Gasteiger partial charge in [0.1, 0.15) is 23.3 Å². The maximum absolute atomic E-state index is 13.2. The van der Waals surface area contributed by atoms with Gasteiger partial charge in [-0.1, -0.05) is 48.0 Å². The van der Waals surface area contributed by atoms with E-state index < -0.39 is 5.92 Å². The Bertz CT molecular complexity index is 1360. The van der Waals surface area contributed by atoms with Crippen LogP contribution in [-0.2, 0) is 4.79 Å². The van der Waals surface area contributed by atoms with Crippen molar-refractivity contribution in [2.24, 2.45) is 0 Å². The lowest BCUT2D eigenvalue weighted by molar-refractivity contribution is -0.135. The Morgan fingerprint density at radius 2 is 1.80 bits per heavy atom. The van der Waals surface area contributed by atoms with Crippen LogP contribution in [0.5, 0.6) is 11.5 Å². The predicted molar refractivity (Wildman–Crippen MR) is 113 cm³/mol. The van der Waals surface area contributed by atoms with E-state index in [1.807, 2.05) is 30.3 Å². The van der Waals surface area contributed by atoms with Crippen LogP contribution in [0, 0.1) is 0 Å². The number of hydrogen-bond donors (Lipinski definition) is 1. The minimum absolute atomic E-state index is 0.0454. The van der Waals surface area contributed by atoms with Gasteiger partial charge in [-0.15, -0.1) is 0 Å². The highest BCUT2D eigenvalue weighted by Gasteiger charge is 2.32. The number of fused-ring (bicyclic) bond motifs is 3. The summed E-state index contributed by atoms with van der Waals surface area (Å²) >= 11 is 6.09. The zero-order valence-corrected chi connectivity index (χ0v) is 16.3. The third kappa shape index (κ3) is 2.95. The zero-order valence-electron chi connectivity index (χ0n) is 15.6. The molecule has 148 valence electrons. The van der Waals surface area contributed by atoms with Crippen molar-refractivity contribution in [3.05, 3.63) is 93.3 Å². The first-order valence-corrected chi connectivity index (χ1v) is 9.73.